The molecule has 2 heterocycles. The van der Waals surface area contributed by atoms with Gasteiger partial charge >= 0.3 is 6.03 Å². The highest BCUT2D eigenvalue weighted by Crippen LogP contribution is 2.30. The molecule has 4 amide bonds. The zero-order valence-electron chi connectivity index (χ0n) is 23.9. The van der Waals surface area contributed by atoms with Gasteiger partial charge in [-0.1, -0.05) is 60.7 Å². The second kappa shape index (κ2) is 12.4. The lowest BCUT2D eigenvalue weighted by Gasteiger charge is -2.34. The first-order valence-corrected chi connectivity index (χ1v) is 14.2. The van der Waals surface area contributed by atoms with Gasteiger partial charge in [0.1, 0.15) is 6.54 Å². The number of aryl methyl sites for hydroxylation is 2. The minimum atomic E-state index is -1.17. The summed E-state index contributed by atoms with van der Waals surface area (Å²) in [5.74, 6) is -0.0156. The van der Waals surface area contributed by atoms with E-state index >= 15 is 0 Å². The topological polar surface area (TPSA) is 94.1 Å². The normalized spacial score (nSPS) is 17.4. The number of nitrogens with zero attached hydrogens (tertiary/aromatic N) is 3. The molecule has 0 radical (unpaired) electrons. The van der Waals surface area contributed by atoms with Gasteiger partial charge in [0.25, 0.3) is 5.91 Å². The van der Waals surface area contributed by atoms with Crippen LogP contribution in [0.15, 0.2) is 77.8 Å². The van der Waals surface area contributed by atoms with E-state index < -0.39 is 18.1 Å². The number of aliphatic imine (C=N–C) groups is 1. The second-order valence-electron chi connectivity index (χ2n) is 11.0. The lowest BCUT2D eigenvalue weighted by Crippen LogP contribution is -2.52. The fourth-order valence-electron chi connectivity index (χ4n) is 5.72. The summed E-state index contributed by atoms with van der Waals surface area (Å²) < 4.78 is 0. The van der Waals surface area contributed by atoms with Crippen molar-refractivity contribution >= 4 is 34.9 Å². The number of benzodiazepines with no additional fused rings is 1. The summed E-state index contributed by atoms with van der Waals surface area (Å²) >= 11 is 0. The van der Waals surface area contributed by atoms with Gasteiger partial charge in [0.05, 0.1) is 5.69 Å². The first-order valence-electron chi connectivity index (χ1n) is 14.2. The minimum absolute atomic E-state index is 0.103. The van der Waals surface area contributed by atoms with Gasteiger partial charge in [0.2, 0.25) is 12.1 Å². The Bertz CT molecular complexity index is 1460. The molecule has 2 aliphatic rings. The van der Waals surface area contributed by atoms with E-state index in [2.05, 4.69) is 39.9 Å². The Labute approximate surface area is 241 Å². The molecule has 1 saturated heterocycles. The number of amides is 4. The van der Waals surface area contributed by atoms with Crippen LogP contribution in [0.25, 0.3) is 0 Å². The largest absolute Gasteiger partial charge is 0.341 e. The van der Waals surface area contributed by atoms with Gasteiger partial charge in [-0.05, 0) is 74.8 Å². The zero-order chi connectivity index (χ0) is 28.9. The Morgan fingerprint density at radius 1 is 0.927 bits per heavy atom. The van der Waals surface area contributed by atoms with Crippen molar-refractivity contribution in [3.63, 3.8) is 0 Å². The molecule has 0 bridgehead atoms. The van der Waals surface area contributed by atoms with Crippen LogP contribution in [-0.2, 0) is 16.0 Å². The van der Waals surface area contributed by atoms with E-state index in [1.807, 2.05) is 68.1 Å². The summed E-state index contributed by atoms with van der Waals surface area (Å²) in [6.07, 6.45) is 1.69. The Kier molecular flexibility index (Phi) is 8.47. The van der Waals surface area contributed by atoms with Gasteiger partial charge in [-0.3, -0.25) is 19.5 Å². The van der Waals surface area contributed by atoms with E-state index in [0.29, 0.717) is 36.1 Å². The maximum absolute atomic E-state index is 13.9. The third-order valence-corrected chi connectivity index (χ3v) is 7.89. The number of carbonyl (C=O) groups excluding carboxylic acids is 3. The highest BCUT2D eigenvalue weighted by molar-refractivity contribution is 6.14. The third-order valence-electron chi connectivity index (χ3n) is 7.89. The number of anilines is 2. The predicted octanol–water partition coefficient (Wildman–Crippen LogP) is 5.09. The number of urea groups is 1. The highest BCUT2D eigenvalue weighted by atomic mass is 16.2. The molecule has 3 aromatic carbocycles. The molecule has 212 valence electrons. The number of nitrogens with one attached hydrogen (secondary N) is 2. The number of rotatable bonds is 6. The number of carbonyl (C=O) groups is 3. The molecule has 5 rings (SSSR count). The maximum Gasteiger partial charge on any atom is 0.321 e. The molecule has 0 spiro atoms. The van der Waals surface area contributed by atoms with Gasteiger partial charge in [-0.25, -0.2) is 4.79 Å². The number of likely N-dealkylation sites (tertiary alicyclic amines) is 1. The summed E-state index contributed by atoms with van der Waals surface area (Å²) in [4.78, 5) is 48.4. The number of para-hydroxylation sites is 1. The van der Waals surface area contributed by atoms with Crippen LogP contribution in [-0.4, -0.2) is 54.3 Å². The quantitative estimate of drug-likeness (QED) is 0.447. The van der Waals surface area contributed by atoms with Crippen molar-refractivity contribution in [2.75, 3.05) is 29.9 Å². The zero-order valence-corrected chi connectivity index (χ0v) is 23.9. The van der Waals surface area contributed by atoms with Gasteiger partial charge in [0.15, 0.2) is 0 Å². The third kappa shape index (κ3) is 6.65. The van der Waals surface area contributed by atoms with Crippen molar-refractivity contribution in [1.82, 2.24) is 10.2 Å². The van der Waals surface area contributed by atoms with Crippen LogP contribution in [0.3, 0.4) is 0 Å². The van der Waals surface area contributed by atoms with Gasteiger partial charge in [-0.2, -0.15) is 0 Å². The van der Waals surface area contributed by atoms with Crippen LogP contribution in [0.1, 0.15) is 42.0 Å². The molecule has 0 saturated carbocycles. The molecule has 8 heteroatoms. The van der Waals surface area contributed by atoms with Crippen LogP contribution in [0.5, 0.6) is 0 Å². The van der Waals surface area contributed by atoms with Crippen LogP contribution < -0.4 is 15.5 Å². The number of piperidine rings is 1. The number of hydrogen-bond donors (Lipinski definition) is 2. The average Bonchev–Trinajstić information content (AvgIpc) is 3.05. The molecular formula is C33H37N5O3. The summed E-state index contributed by atoms with van der Waals surface area (Å²) in [5.41, 5.74) is 5.86. The van der Waals surface area contributed by atoms with Crippen molar-refractivity contribution in [3.05, 3.63) is 95.1 Å². The summed E-state index contributed by atoms with van der Waals surface area (Å²) in [6, 6.07) is 23.0. The van der Waals surface area contributed by atoms with E-state index in [0.717, 1.165) is 36.0 Å². The molecule has 0 aromatic heterocycles. The lowest BCUT2D eigenvalue weighted by atomic mass is 9.90. The summed E-state index contributed by atoms with van der Waals surface area (Å²) in [6.45, 7) is 6.89. The summed E-state index contributed by atoms with van der Waals surface area (Å²) in [7, 11) is 0. The maximum atomic E-state index is 13.9. The van der Waals surface area contributed by atoms with Crippen molar-refractivity contribution in [2.45, 2.75) is 46.2 Å². The monoisotopic (exact) mass is 551 g/mol. The Hall–Kier alpha value is -4.46. The van der Waals surface area contributed by atoms with Crippen LogP contribution >= 0.6 is 0 Å². The number of benzene rings is 3. The summed E-state index contributed by atoms with van der Waals surface area (Å²) in [5, 5.41) is 5.50. The fraction of sp³-hybridized carbons (Fsp3) is 0.333. The average molecular weight is 552 g/mol. The van der Waals surface area contributed by atoms with Crippen molar-refractivity contribution in [1.29, 1.82) is 0 Å². The standard InChI is InChI=1S/C33H37N5O3/c1-22-9-7-13-27(19-22)35-33(41)36-31-32(40)38(30-23(2)10-8-14-28(30)24(3)34-31)21-29(39)37-17-15-26(16-18-37)20-25-11-5-4-6-12-25/h4-14,19,26,31H,15-18,20-21H2,1-3H3,(H2,35,36,41). The van der Waals surface area contributed by atoms with E-state index in [1.54, 1.807) is 6.07 Å². The van der Waals surface area contributed by atoms with E-state index in [1.165, 1.54) is 10.5 Å². The molecule has 2 aliphatic heterocycles. The number of fused-ring (bicyclic) bond motifs is 1. The van der Waals surface area contributed by atoms with Crippen molar-refractivity contribution in [3.8, 4) is 0 Å². The van der Waals surface area contributed by atoms with Crippen LogP contribution in [0.4, 0.5) is 16.2 Å². The van der Waals surface area contributed by atoms with Crippen LogP contribution in [0, 0.1) is 19.8 Å². The molecule has 2 N–H and O–H groups in total. The predicted molar refractivity (Wildman–Crippen MR) is 162 cm³/mol. The Balaban J connectivity index is 1.30. The van der Waals surface area contributed by atoms with Gasteiger partial charge in [0, 0.05) is 30.1 Å². The molecule has 1 atom stereocenters. The molecule has 0 aliphatic carbocycles. The Morgan fingerprint density at radius 3 is 2.39 bits per heavy atom. The Morgan fingerprint density at radius 2 is 1.66 bits per heavy atom. The van der Waals surface area contributed by atoms with Crippen molar-refractivity contribution < 1.29 is 14.4 Å². The highest BCUT2D eigenvalue weighted by Gasteiger charge is 2.35. The first kappa shape index (κ1) is 28.1. The van der Waals surface area contributed by atoms with Gasteiger partial charge in [-0.15, -0.1) is 0 Å². The lowest BCUT2D eigenvalue weighted by molar-refractivity contribution is -0.132. The van der Waals surface area contributed by atoms with Gasteiger partial charge < -0.3 is 15.5 Å². The smallest absolute Gasteiger partial charge is 0.321 e. The number of hydrogen-bond acceptors (Lipinski definition) is 4. The molecule has 1 unspecified atom stereocenters. The molecule has 1 fully saturated rings. The first-order chi connectivity index (χ1) is 19.8. The SMILES string of the molecule is CC1=NC(NC(=O)Nc2cccc(C)c2)C(=O)N(CC(=O)N2CCC(Cc3ccccc3)CC2)c2c(C)cccc21. The molecule has 8 nitrogen and oxygen atoms in total. The molecule has 41 heavy (non-hydrogen) atoms. The van der Waals surface area contributed by atoms with E-state index in [4.69, 9.17) is 0 Å². The van der Waals surface area contributed by atoms with Crippen molar-refractivity contribution in [2.24, 2.45) is 10.9 Å². The minimum Gasteiger partial charge on any atom is -0.341 e. The van der Waals surface area contributed by atoms with E-state index in [-0.39, 0.29) is 12.5 Å². The van der Waals surface area contributed by atoms with Crippen LogP contribution in [0.2, 0.25) is 0 Å². The second-order valence-corrected chi connectivity index (χ2v) is 11.0. The van der Waals surface area contributed by atoms with E-state index in [9.17, 15) is 14.4 Å². The fourth-order valence-corrected chi connectivity index (χ4v) is 5.72. The molecular weight excluding hydrogens is 514 g/mol. The molecule has 3 aromatic rings.